The van der Waals surface area contributed by atoms with Crippen LogP contribution in [0.15, 0.2) is 235 Å². The second-order valence-corrected chi connectivity index (χ2v) is 45.7. The van der Waals surface area contributed by atoms with Crippen LogP contribution in [0.1, 0.15) is 308 Å². The average Bonchev–Trinajstić information content (AvgIpc) is 1.61. The normalized spacial score (nSPS) is 13.5. The second-order valence-electron chi connectivity index (χ2n) is 45.7. The van der Waals surface area contributed by atoms with E-state index in [0.717, 1.165) is 157 Å². The van der Waals surface area contributed by atoms with Crippen molar-refractivity contribution in [2.24, 2.45) is 46.6 Å². The van der Waals surface area contributed by atoms with Gasteiger partial charge in [-0.1, -0.05) is 217 Å². The van der Waals surface area contributed by atoms with Crippen LogP contribution >= 0.6 is 0 Å². The Morgan fingerprint density at radius 1 is 0.278 bits per heavy atom. The standard InChI is InChI=1S/C27H31N2O.C26H29N2O.C26H31N2O.2C25H29N2O/c1-17(2)20-14-15-29(4)24(16-20)25-18(3)10-11-21-22-12-13-23(19-8-6-5-7-9-19)28-27(22)30-26(21)25;1-16(2)19-13-14-28(4)23(15-19)24-17(3)9-10-20-21-11-12-22(18-7-5-6-8-18)27-26(21)29-25(20)24;1-16(2)18-12-13-28(7)22(14-18)23-17(3)8-10-20-21-11-9-19(15-26(4,5)6)27-25(21)29-24(20)23;1-15(2)17-12-13-27(7)20(14-17)22-16(3)8-9-18-19-10-11-21(25(4,5)6)26-24(19)28-23(18)22;1-15(2)13-19-8-10-21-20-9-7-17(5)23(24(20)28-25(21)26-19)22-14-18(16(3)4)11-12-27(22)6/h10-17,19H,5-9H2,1-4H3;9-16,18H,5-8H2,1-4H3;8-14,16H,15H2,1-7H3;8-15H,1-7H3;7-12,14-16H,13H2,1-6H3/q5*+1. The number of aryl methyl sites for hydroxylation is 10. The molecule has 0 spiro atoms. The van der Waals surface area contributed by atoms with E-state index in [0.29, 0.717) is 47.3 Å². The lowest BCUT2D eigenvalue weighted by molar-refractivity contribution is -0.660. The highest BCUT2D eigenvalue weighted by Crippen LogP contribution is 2.47. The number of aromatic nitrogens is 10. The molecule has 0 bridgehead atoms. The maximum absolute atomic E-state index is 6.48. The molecule has 15 nitrogen and oxygen atoms in total. The molecular formula is C129H149N10O5+5. The quantitative estimate of drug-likeness (QED) is 0.0908. The van der Waals surface area contributed by atoms with Crippen LogP contribution < -0.4 is 22.8 Å². The Morgan fingerprint density at radius 2 is 0.521 bits per heavy atom. The molecule has 15 heterocycles. The molecule has 0 saturated heterocycles. The highest BCUT2D eigenvalue weighted by atomic mass is 16.4. The summed E-state index contributed by atoms with van der Waals surface area (Å²) in [7, 11) is 10.5. The predicted octanol–water partition coefficient (Wildman–Crippen LogP) is 32.3. The summed E-state index contributed by atoms with van der Waals surface area (Å²) in [6.07, 6.45) is 24.3. The fourth-order valence-electron chi connectivity index (χ4n) is 21.4. The summed E-state index contributed by atoms with van der Waals surface area (Å²) in [6, 6.07) is 66.1. The van der Waals surface area contributed by atoms with Crippen molar-refractivity contribution in [2.45, 2.75) is 277 Å². The minimum atomic E-state index is -0.00997. The van der Waals surface area contributed by atoms with Crippen molar-refractivity contribution < 1.29 is 44.9 Å². The number of fused-ring (bicyclic) bond motifs is 15. The van der Waals surface area contributed by atoms with Gasteiger partial charge < -0.3 is 22.1 Å². The minimum Gasteiger partial charge on any atom is -0.437 e. The van der Waals surface area contributed by atoms with Gasteiger partial charge in [-0.2, -0.15) is 0 Å². The highest BCUT2D eigenvalue weighted by molar-refractivity contribution is 6.13. The van der Waals surface area contributed by atoms with E-state index in [1.807, 2.05) is 0 Å². The molecule has 2 aliphatic carbocycles. The van der Waals surface area contributed by atoms with E-state index in [4.69, 9.17) is 47.0 Å². The molecular weight excluding hydrogens is 1770 g/mol. The molecule has 15 aromatic heterocycles. The molecule has 0 aliphatic heterocycles. The number of hydrogen-bond acceptors (Lipinski definition) is 10. The molecule has 2 fully saturated rings. The van der Waals surface area contributed by atoms with Crippen molar-refractivity contribution in [3.8, 4) is 56.3 Å². The van der Waals surface area contributed by atoms with Gasteiger partial charge in [-0.3, -0.25) is 0 Å². The van der Waals surface area contributed by atoms with E-state index in [1.165, 1.54) is 164 Å². The summed E-state index contributed by atoms with van der Waals surface area (Å²) in [5, 5.41) is 11.2. The Morgan fingerprint density at radius 3 is 0.792 bits per heavy atom. The third-order valence-electron chi connectivity index (χ3n) is 30.1. The summed E-state index contributed by atoms with van der Waals surface area (Å²) in [4.78, 5) is 24.5. The molecule has 2 aliphatic rings. The summed E-state index contributed by atoms with van der Waals surface area (Å²) in [6.45, 7) is 50.8. The van der Waals surface area contributed by atoms with Gasteiger partial charge in [0, 0.05) is 160 Å². The van der Waals surface area contributed by atoms with Crippen LogP contribution in [-0.4, -0.2) is 24.9 Å². The van der Waals surface area contributed by atoms with Crippen LogP contribution in [0.4, 0.5) is 0 Å². The van der Waals surface area contributed by atoms with Crippen LogP contribution in [0.3, 0.4) is 0 Å². The van der Waals surface area contributed by atoms with Crippen LogP contribution in [0.2, 0.25) is 0 Å². The molecule has 0 N–H and O–H groups in total. The lowest BCUT2D eigenvalue weighted by Crippen LogP contribution is -2.31. The minimum absolute atomic E-state index is 0.00997. The molecule has 0 amide bonds. The van der Waals surface area contributed by atoms with Gasteiger partial charge in [0.15, 0.2) is 58.9 Å². The molecule has 0 unspecified atom stereocenters. The zero-order valence-corrected chi connectivity index (χ0v) is 90.6. The predicted molar refractivity (Wildman–Crippen MR) is 592 cm³/mol. The van der Waals surface area contributed by atoms with Gasteiger partial charge in [0.2, 0.25) is 57.0 Å². The molecule has 20 aromatic rings. The highest BCUT2D eigenvalue weighted by Gasteiger charge is 2.32. The van der Waals surface area contributed by atoms with E-state index >= 15 is 0 Å². The van der Waals surface area contributed by atoms with E-state index < -0.39 is 0 Å². The molecule has 0 atom stereocenters. The largest absolute Gasteiger partial charge is 0.437 e. The number of nitrogens with zero attached hydrogens (tertiary/aromatic N) is 10. The van der Waals surface area contributed by atoms with E-state index in [9.17, 15) is 0 Å². The van der Waals surface area contributed by atoms with Crippen molar-refractivity contribution >= 4 is 110 Å². The molecule has 5 aromatic carbocycles. The van der Waals surface area contributed by atoms with Crippen molar-refractivity contribution in [3.05, 3.63) is 297 Å². The van der Waals surface area contributed by atoms with Crippen LogP contribution in [0.5, 0.6) is 0 Å². The van der Waals surface area contributed by atoms with E-state index in [-0.39, 0.29) is 10.8 Å². The van der Waals surface area contributed by atoms with Gasteiger partial charge >= 0.3 is 0 Å². The van der Waals surface area contributed by atoms with Crippen molar-refractivity contribution in [1.29, 1.82) is 0 Å². The Hall–Kier alpha value is -13.4. The van der Waals surface area contributed by atoms with Crippen molar-refractivity contribution in [1.82, 2.24) is 24.9 Å². The first-order chi connectivity index (χ1) is 68.7. The topological polar surface area (TPSA) is 150 Å². The number of rotatable bonds is 15. The summed E-state index contributed by atoms with van der Waals surface area (Å²) in [5.74, 6) is 4.16. The first kappa shape index (κ1) is 101. The van der Waals surface area contributed by atoms with Gasteiger partial charge in [-0.15, -0.1) is 0 Å². The zero-order chi connectivity index (χ0) is 102. The number of hydrogen-bond donors (Lipinski definition) is 0. The molecule has 144 heavy (non-hydrogen) atoms. The first-order valence-electron chi connectivity index (χ1n) is 52.8. The zero-order valence-electron chi connectivity index (χ0n) is 90.6. The molecule has 2 saturated carbocycles. The molecule has 0 radical (unpaired) electrons. The third-order valence-corrected chi connectivity index (χ3v) is 30.1. The van der Waals surface area contributed by atoms with Crippen molar-refractivity contribution in [3.63, 3.8) is 0 Å². The van der Waals surface area contributed by atoms with Gasteiger partial charge in [-0.05, 0) is 230 Å². The Labute approximate surface area is 851 Å². The van der Waals surface area contributed by atoms with Gasteiger partial charge in [0.25, 0.3) is 0 Å². The maximum Gasteiger partial charge on any atom is 0.227 e. The number of benzene rings is 5. The van der Waals surface area contributed by atoms with Crippen LogP contribution in [0.25, 0.3) is 167 Å². The van der Waals surface area contributed by atoms with E-state index in [2.05, 4.69) is 430 Å². The van der Waals surface area contributed by atoms with Crippen molar-refractivity contribution in [2.75, 3.05) is 0 Å². The number of pyridine rings is 10. The monoisotopic (exact) mass is 1920 g/mol. The molecule has 15 heteroatoms. The summed E-state index contributed by atoms with van der Waals surface area (Å²) < 4.78 is 43.0. The summed E-state index contributed by atoms with van der Waals surface area (Å²) >= 11 is 0. The molecule has 740 valence electrons. The van der Waals surface area contributed by atoms with Gasteiger partial charge in [-0.25, -0.2) is 47.8 Å². The Bertz CT molecular complexity index is 8240. The SMILES string of the molecule is Cc1ccc2c(oc3nc(C(C)(C)C)ccc32)c1-c1cc(C(C)C)cc[n+]1C.Cc1ccc2c(oc3nc(C4CCCC4)ccc32)c1-c1cc(C(C)C)cc[n+]1C.Cc1ccc2c(oc3nc(C4CCCCC4)ccc32)c1-c1cc(C(C)C)cc[n+]1C.Cc1ccc2c(oc3nc(CC(C)(C)C)ccc32)c1-c1cc(C(C)C)cc[n+]1C.Cc1ccc2c(oc3nc(CC(C)C)ccc32)c1-c1cc(C(C)C)cc[n+]1C. The average molecular weight is 1920 g/mol. The lowest BCUT2D eigenvalue weighted by atomic mass is 9.86. The van der Waals surface area contributed by atoms with Crippen LogP contribution in [-0.2, 0) is 53.5 Å². The van der Waals surface area contributed by atoms with E-state index in [1.54, 1.807) is 0 Å². The lowest BCUT2D eigenvalue weighted by Gasteiger charge is -2.20. The fourth-order valence-corrected chi connectivity index (χ4v) is 21.4. The fraction of sp³-hybridized carbons (Fsp3) is 0.380. The Kier molecular flexibility index (Phi) is 28.7. The third kappa shape index (κ3) is 20.5. The maximum atomic E-state index is 6.48. The van der Waals surface area contributed by atoms with Crippen LogP contribution in [0, 0.1) is 46.0 Å². The second kappa shape index (κ2) is 41.0. The first-order valence-corrected chi connectivity index (χ1v) is 52.8. The summed E-state index contributed by atoms with van der Waals surface area (Å²) in [5.41, 5.74) is 38.7. The van der Waals surface area contributed by atoms with Gasteiger partial charge in [0.1, 0.15) is 35.2 Å². The molecule has 22 rings (SSSR count). The smallest absolute Gasteiger partial charge is 0.227 e. The van der Waals surface area contributed by atoms with Gasteiger partial charge in [0.05, 0.1) is 27.8 Å². The number of furan rings is 5. The Balaban J connectivity index is 0.000000118.